The molecule has 0 aliphatic rings. The molecule has 0 unspecified atom stereocenters. The smallest absolute Gasteiger partial charge is 0.257 e. The minimum Gasteiger partial charge on any atom is -0.467 e. The minimum atomic E-state index is -0.207. The van der Waals surface area contributed by atoms with Gasteiger partial charge in [-0.25, -0.2) is 4.98 Å². The first-order chi connectivity index (χ1) is 11.2. The van der Waals surface area contributed by atoms with Crippen molar-refractivity contribution in [2.75, 3.05) is 10.6 Å². The summed E-state index contributed by atoms with van der Waals surface area (Å²) in [5, 5.41) is 5.96. The van der Waals surface area contributed by atoms with Gasteiger partial charge < -0.3 is 15.1 Å². The SMILES string of the molecule is O=C(Nc1ccc(NCc2ccco2)cn1)c1ccccc1Br. The van der Waals surface area contributed by atoms with Gasteiger partial charge in [0.2, 0.25) is 0 Å². The number of benzene rings is 1. The average molecular weight is 372 g/mol. The van der Waals surface area contributed by atoms with Gasteiger partial charge in [-0.2, -0.15) is 0 Å². The van der Waals surface area contributed by atoms with Gasteiger partial charge in [0.25, 0.3) is 5.91 Å². The standard InChI is InChI=1S/C17H14BrN3O2/c18-15-6-2-1-5-14(15)17(22)21-16-8-7-12(10-20-16)19-11-13-4-3-9-23-13/h1-10,19H,11H2,(H,20,21,22). The highest BCUT2D eigenvalue weighted by molar-refractivity contribution is 9.10. The van der Waals surface area contributed by atoms with E-state index in [-0.39, 0.29) is 5.91 Å². The number of nitrogens with one attached hydrogen (secondary N) is 2. The van der Waals surface area contributed by atoms with Crippen LogP contribution in [0.2, 0.25) is 0 Å². The molecule has 0 radical (unpaired) electrons. The number of carbonyl (C=O) groups excluding carboxylic acids is 1. The van der Waals surface area contributed by atoms with Gasteiger partial charge in [0, 0.05) is 4.47 Å². The van der Waals surface area contributed by atoms with Crippen LogP contribution in [0.5, 0.6) is 0 Å². The molecule has 6 heteroatoms. The molecule has 0 saturated carbocycles. The van der Waals surface area contributed by atoms with E-state index < -0.39 is 0 Å². The van der Waals surface area contributed by atoms with Crippen molar-refractivity contribution < 1.29 is 9.21 Å². The van der Waals surface area contributed by atoms with Crippen molar-refractivity contribution >= 4 is 33.3 Å². The Balaban J connectivity index is 1.61. The lowest BCUT2D eigenvalue weighted by molar-refractivity contribution is 0.102. The summed E-state index contributed by atoms with van der Waals surface area (Å²) in [5.41, 5.74) is 1.41. The van der Waals surface area contributed by atoms with Gasteiger partial charge in [0.15, 0.2) is 0 Å². The molecule has 2 N–H and O–H groups in total. The van der Waals surface area contributed by atoms with E-state index in [2.05, 4.69) is 31.5 Å². The molecule has 0 aliphatic heterocycles. The van der Waals surface area contributed by atoms with Crippen molar-refractivity contribution in [2.45, 2.75) is 6.54 Å². The van der Waals surface area contributed by atoms with Crippen molar-refractivity contribution in [3.63, 3.8) is 0 Å². The van der Waals surface area contributed by atoms with E-state index in [1.165, 1.54) is 0 Å². The first-order valence-corrected chi connectivity index (χ1v) is 7.80. The number of halogens is 1. The molecule has 1 aromatic carbocycles. The molecule has 0 saturated heterocycles. The molecule has 1 amide bonds. The van der Waals surface area contributed by atoms with Crippen LogP contribution in [-0.4, -0.2) is 10.9 Å². The molecule has 0 aliphatic carbocycles. The first-order valence-electron chi connectivity index (χ1n) is 7.00. The summed E-state index contributed by atoms with van der Waals surface area (Å²) in [5.74, 6) is 1.13. The topological polar surface area (TPSA) is 67.2 Å². The van der Waals surface area contributed by atoms with E-state index in [0.717, 1.165) is 15.9 Å². The second kappa shape index (κ2) is 7.11. The zero-order valence-electron chi connectivity index (χ0n) is 12.1. The van der Waals surface area contributed by atoms with E-state index in [0.29, 0.717) is 17.9 Å². The lowest BCUT2D eigenvalue weighted by Crippen LogP contribution is -2.13. The maximum atomic E-state index is 12.2. The van der Waals surface area contributed by atoms with Crippen LogP contribution >= 0.6 is 15.9 Å². The number of nitrogens with zero attached hydrogens (tertiary/aromatic N) is 1. The number of anilines is 2. The van der Waals surface area contributed by atoms with Gasteiger partial charge in [-0.3, -0.25) is 4.79 Å². The normalized spacial score (nSPS) is 10.3. The Morgan fingerprint density at radius 2 is 2.00 bits per heavy atom. The maximum absolute atomic E-state index is 12.2. The van der Waals surface area contributed by atoms with E-state index >= 15 is 0 Å². The summed E-state index contributed by atoms with van der Waals surface area (Å²) in [6, 6.07) is 14.6. The van der Waals surface area contributed by atoms with Crippen LogP contribution in [0.25, 0.3) is 0 Å². The number of furan rings is 1. The molecule has 0 fully saturated rings. The van der Waals surface area contributed by atoms with Crippen molar-refractivity contribution in [2.24, 2.45) is 0 Å². The molecule has 23 heavy (non-hydrogen) atoms. The Morgan fingerprint density at radius 3 is 2.70 bits per heavy atom. The summed E-state index contributed by atoms with van der Waals surface area (Å²) in [4.78, 5) is 16.4. The Labute approximate surface area is 141 Å². The van der Waals surface area contributed by atoms with Gasteiger partial charge in [-0.05, 0) is 52.3 Å². The maximum Gasteiger partial charge on any atom is 0.257 e. The van der Waals surface area contributed by atoms with Crippen LogP contribution in [0.3, 0.4) is 0 Å². The third-order valence-corrected chi connectivity index (χ3v) is 3.86. The summed E-state index contributed by atoms with van der Waals surface area (Å²) in [7, 11) is 0. The molecule has 2 aromatic heterocycles. The summed E-state index contributed by atoms with van der Waals surface area (Å²) < 4.78 is 5.99. The van der Waals surface area contributed by atoms with Crippen molar-refractivity contribution in [1.82, 2.24) is 4.98 Å². The van der Waals surface area contributed by atoms with E-state index in [9.17, 15) is 4.79 Å². The van der Waals surface area contributed by atoms with Crippen LogP contribution < -0.4 is 10.6 Å². The molecular weight excluding hydrogens is 358 g/mol. The number of aromatic nitrogens is 1. The Kier molecular flexibility index (Phi) is 4.73. The van der Waals surface area contributed by atoms with Gasteiger partial charge in [0.1, 0.15) is 11.6 Å². The van der Waals surface area contributed by atoms with Gasteiger partial charge in [-0.1, -0.05) is 12.1 Å². The molecule has 3 rings (SSSR count). The molecule has 5 nitrogen and oxygen atoms in total. The number of hydrogen-bond acceptors (Lipinski definition) is 4. The lowest BCUT2D eigenvalue weighted by Gasteiger charge is -2.08. The summed E-state index contributed by atoms with van der Waals surface area (Å²) in [6.07, 6.45) is 3.30. The Hall–Kier alpha value is -2.60. The molecule has 3 aromatic rings. The zero-order chi connectivity index (χ0) is 16.1. The highest BCUT2D eigenvalue weighted by Crippen LogP contribution is 2.18. The number of pyridine rings is 1. The molecule has 2 heterocycles. The number of rotatable bonds is 5. The fraction of sp³-hybridized carbons (Fsp3) is 0.0588. The van der Waals surface area contributed by atoms with Crippen LogP contribution in [0.1, 0.15) is 16.1 Å². The van der Waals surface area contributed by atoms with Gasteiger partial charge in [0.05, 0.1) is 30.3 Å². The molecule has 116 valence electrons. The molecular formula is C17H14BrN3O2. The van der Waals surface area contributed by atoms with Gasteiger partial charge in [-0.15, -0.1) is 0 Å². The number of hydrogen-bond donors (Lipinski definition) is 2. The first kappa shape index (κ1) is 15.3. The van der Waals surface area contributed by atoms with E-state index in [1.807, 2.05) is 36.4 Å². The lowest BCUT2D eigenvalue weighted by atomic mass is 10.2. The third kappa shape index (κ3) is 3.98. The number of carbonyl (C=O) groups is 1. The van der Waals surface area contributed by atoms with Crippen molar-refractivity contribution in [1.29, 1.82) is 0 Å². The second-order valence-corrected chi connectivity index (χ2v) is 5.65. The van der Waals surface area contributed by atoms with Crippen LogP contribution in [0, 0.1) is 0 Å². The quantitative estimate of drug-likeness (QED) is 0.701. The van der Waals surface area contributed by atoms with Crippen LogP contribution in [0.15, 0.2) is 69.9 Å². The Bertz CT molecular complexity index is 786. The highest BCUT2D eigenvalue weighted by Gasteiger charge is 2.09. The van der Waals surface area contributed by atoms with Crippen LogP contribution in [-0.2, 0) is 6.54 Å². The van der Waals surface area contributed by atoms with Gasteiger partial charge >= 0.3 is 0 Å². The number of amides is 1. The van der Waals surface area contributed by atoms with E-state index in [4.69, 9.17) is 4.42 Å². The predicted molar refractivity (Wildman–Crippen MR) is 92.4 cm³/mol. The van der Waals surface area contributed by atoms with Crippen molar-refractivity contribution in [3.8, 4) is 0 Å². The Morgan fingerprint density at radius 1 is 1.13 bits per heavy atom. The molecule has 0 atom stereocenters. The van der Waals surface area contributed by atoms with E-state index in [1.54, 1.807) is 24.6 Å². The second-order valence-electron chi connectivity index (χ2n) is 4.80. The third-order valence-electron chi connectivity index (χ3n) is 3.17. The fourth-order valence-corrected chi connectivity index (χ4v) is 2.47. The summed E-state index contributed by atoms with van der Waals surface area (Å²) >= 11 is 3.36. The summed E-state index contributed by atoms with van der Waals surface area (Å²) in [6.45, 7) is 0.581. The van der Waals surface area contributed by atoms with Crippen LogP contribution in [0.4, 0.5) is 11.5 Å². The predicted octanol–water partition coefficient (Wildman–Crippen LogP) is 4.30. The molecule has 0 spiro atoms. The highest BCUT2D eigenvalue weighted by atomic mass is 79.9. The zero-order valence-corrected chi connectivity index (χ0v) is 13.7. The monoisotopic (exact) mass is 371 g/mol. The minimum absolute atomic E-state index is 0.207. The molecule has 0 bridgehead atoms. The van der Waals surface area contributed by atoms with Crippen molar-refractivity contribution in [3.05, 3.63) is 76.8 Å². The fourth-order valence-electron chi connectivity index (χ4n) is 2.00. The average Bonchev–Trinajstić information content (AvgIpc) is 3.08. The largest absolute Gasteiger partial charge is 0.467 e.